The van der Waals surface area contributed by atoms with Crippen LogP contribution in [0.15, 0.2) is 24.7 Å². The summed E-state index contributed by atoms with van der Waals surface area (Å²) in [6.07, 6.45) is 5.15. The number of carbonyl (C=O) groups is 1. The van der Waals surface area contributed by atoms with Crippen LogP contribution in [-0.2, 0) is 24.6 Å². The van der Waals surface area contributed by atoms with E-state index < -0.39 is 5.54 Å². The quantitative estimate of drug-likeness (QED) is 0.581. The lowest BCUT2D eigenvalue weighted by Gasteiger charge is -2.41. The number of imidazole rings is 2. The molecule has 1 unspecified atom stereocenters. The smallest absolute Gasteiger partial charge is 0.274 e. The molecule has 1 amide bonds. The number of ether oxygens (including phenoxy) is 3. The topological polar surface area (TPSA) is 83.6 Å². The van der Waals surface area contributed by atoms with E-state index in [1.807, 2.05) is 49.5 Å². The van der Waals surface area contributed by atoms with Gasteiger partial charge in [-0.15, -0.1) is 0 Å². The van der Waals surface area contributed by atoms with Crippen molar-refractivity contribution in [2.24, 2.45) is 7.05 Å². The molecule has 9 nitrogen and oxygen atoms in total. The largest absolute Gasteiger partial charge is 0.486 e. The predicted octanol–water partition coefficient (Wildman–Crippen LogP) is 2.78. The number of hydrogen-bond acceptors (Lipinski definition) is 6. The van der Waals surface area contributed by atoms with Crippen LogP contribution < -0.4 is 9.47 Å². The molecular formula is C25H29N5O4. The van der Waals surface area contributed by atoms with Crippen molar-refractivity contribution in [3.63, 3.8) is 0 Å². The first kappa shape index (κ1) is 21.2. The van der Waals surface area contributed by atoms with Gasteiger partial charge in [0.05, 0.1) is 36.5 Å². The molecule has 3 aromatic rings. The van der Waals surface area contributed by atoms with Gasteiger partial charge in [-0.2, -0.15) is 0 Å². The van der Waals surface area contributed by atoms with E-state index in [9.17, 15) is 4.79 Å². The Hall–Kier alpha value is -3.33. The summed E-state index contributed by atoms with van der Waals surface area (Å²) in [5, 5.41) is 0. The molecule has 34 heavy (non-hydrogen) atoms. The van der Waals surface area contributed by atoms with Crippen molar-refractivity contribution in [3.05, 3.63) is 41.6 Å². The van der Waals surface area contributed by atoms with Crippen LogP contribution in [0.25, 0.3) is 17.2 Å². The molecule has 178 valence electrons. The Morgan fingerprint density at radius 2 is 2.06 bits per heavy atom. The van der Waals surface area contributed by atoms with Gasteiger partial charge in [0, 0.05) is 25.9 Å². The second kappa shape index (κ2) is 7.59. The van der Waals surface area contributed by atoms with Gasteiger partial charge in [-0.05, 0) is 45.2 Å². The summed E-state index contributed by atoms with van der Waals surface area (Å²) in [5.74, 6) is 2.09. The molecule has 6 rings (SSSR count). The minimum atomic E-state index is -0.399. The van der Waals surface area contributed by atoms with Crippen molar-refractivity contribution in [2.75, 3.05) is 26.4 Å². The molecule has 1 saturated heterocycles. The molecule has 0 radical (unpaired) electrons. The lowest BCUT2D eigenvalue weighted by molar-refractivity contribution is -0.0373. The molecule has 1 atom stereocenters. The van der Waals surface area contributed by atoms with Crippen LogP contribution >= 0.6 is 0 Å². The molecule has 0 bridgehead atoms. The summed E-state index contributed by atoms with van der Waals surface area (Å²) in [6.45, 7) is 8.18. The molecular weight excluding hydrogens is 434 g/mol. The fourth-order valence-corrected chi connectivity index (χ4v) is 5.09. The number of morpholine rings is 1. The number of amides is 1. The van der Waals surface area contributed by atoms with Gasteiger partial charge in [0.25, 0.3) is 5.91 Å². The Bertz CT molecular complexity index is 1290. The van der Waals surface area contributed by atoms with E-state index in [0.717, 1.165) is 34.8 Å². The van der Waals surface area contributed by atoms with Crippen LogP contribution in [0.1, 0.15) is 42.5 Å². The van der Waals surface area contributed by atoms with Gasteiger partial charge in [-0.25, -0.2) is 9.97 Å². The molecule has 0 saturated carbocycles. The second-order valence-electron chi connectivity index (χ2n) is 9.98. The highest BCUT2D eigenvalue weighted by Gasteiger charge is 2.39. The fourth-order valence-electron chi connectivity index (χ4n) is 5.09. The number of aryl methyl sites for hydroxylation is 2. The summed E-state index contributed by atoms with van der Waals surface area (Å²) in [6, 6.07) is 4.08. The molecule has 3 aliphatic rings. The van der Waals surface area contributed by atoms with E-state index in [1.54, 1.807) is 6.33 Å². The number of aromatic nitrogens is 4. The summed E-state index contributed by atoms with van der Waals surface area (Å²) in [5.41, 5.74) is 3.83. The summed E-state index contributed by atoms with van der Waals surface area (Å²) < 4.78 is 21.6. The number of nitrogens with zero attached hydrogens (tertiary/aromatic N) is 5. The highest BCUT2D eigenvalue weighted by molar-refractivity contribution is 5.95. The SMILES string of the molecule is CC1COc2cc3c(cc2O1)-n1c(-c2cn(C)cn2)nc(C(=O)N2CCOCC2(C)C)c1CC3. The van der Waals surface area contributed by atoms with E-state index in [2.05, 4.69) is 15.6 Å². The Morgan fingerprint density at radius 3 is 2.82 bits per heavy atom. The summed E-state index contributed by atoms with van der Waals surface area (Å²) in [4.78, 5) is 25.2. The minimum absolute atomic E-state index is 0.0210. The first-order valence-corrected chi connectivity index (χ1v) is 11.8. The van der Waals surface area contributed by atoms with E-state index in [0.29, 0.717) is 50.1 Å². The average molecular weight is 464 g/mol. The maximum absolute atomic E-state index is 13.8. The van der Waals surface area contributed by atoms with Crippen molar-refractivity contribution in [3.8, 4) is 28.7 Å². The van der Waals surface area contributed by atoms with Crippen molar-refractivity contribution in [2.45, 2.75) is 45.3 Å². The average Bonchev–Trinajstić information content (AvgIpc) is 3.40. The zero-order chi connectivity index (χ0) is 23.6. The van der Waals surface area contributed by atoms with Gasteiger partial charge in [0.15, 0.2) is 23.0 Å². The van der Waals surface area contributed by atoms with E-state index in [-0.39, 0.29) is 12.0 Å². The van der Waals surface area contributed by atoms with Crippen molar-refractivity contribution in [1.29, 1.82) is 0 Å². The Labute approximate surface area is 198 Å². The first-order valence-electron chi connectivity index (χ1n) is 11.8. The number of rotatable bonds is 2. The molecule has 2 aromatic heterocycles. The Morgan fingerprint density at radius 1 is 1.21 bits per heavy atom. The first-order chi connectivity index (χ1) is 16.3. The molecule has 9 heteroatoms. The van der Waals surface area contributed by atoms with Crippen LogP contribution in [0, 0.1) is 0 Å². The maximum Gasteiger partial charge on any atom is 0.274 e. The van der Waals surface area contributed by atoms with Crippen LogP contribution in [-0.4, -0.2) is 67.9 Å². The van der Waals surface area contributed by atoms with Gasteiger partial charge in [-0.3, -0.25) is 9.36 Å². The molecule has 0 spiro atoms. The van der Waals surface area contributed by atoms with Crippen molar-refractivity contribution < 1.29 is 19.0 Å². The third-order valence-electron chi connectivity index (χ3n) is 6.82. The van der Waals surface area contributed by atoms with E-state index in [1.165, 1.54) is 0 Å². The van der Waals surface area contributed by atoms with Gasteiger partial charge in [-0.1, -0.05) is 0 Å². The molecule has 5 heterocycles. The van der Waals surface area contributed by atoms with Gasteiger partial charge in [0.2, 0.25) is 0 Å². The van der Waals surface area contributed by atoms with Crippen molar-refractivity contribution >= 4 is 5.91 Å². The Kier molecular flexibility index (Phi) is 4.74. The van der Waals surface area contributed by atoms with E-state index in [4.69, 9.17) is 19.2 Å². The summed E-state index contributed by atoms with van der Waals surface area (Å²) >= 11 is 0. The zero-order valence-electron chi connectivity index (χ0n) is 20.0. The fraction of sp³-hybridized carbons (Fsp3) is 0.480. The standard InChI is InChI=1S/C25H29N5O4/c1-15-12-33-20-9-16-5-6-18-22(24(31)29-7-8-32-13-25(29,2)3)27-23(17-11-28(4)14-26-17)30(18)19(16)10-21(20)34-15/h9-11,14-15H,5-8,12-13H2,1-4H3. The van der Waals surface area contributed by atoms with Gasteiger partial charge < -0.3 is 23.7 Å². The molecule has 0 aliphatic carbocycles. The third-order valence-corrected chi connectivity index (χ3v) is 6.82. The highest BCUT2D eigenvalue weighted by atomic mass is 16.6. The number of fused-ring (bicyclic) bond motifs is 4. The predicted molar refractivity (Wildman–Crippen MR) is 125 cm³/mol. The van der Waals surface area contributed by atoms with Crippen molar-refractivity contribution in [1.82, 2.24) is 24.0 Å². The van der Waals surface area contributed by atoms with Gasteiger partial charge >= 0.3 is 0 Å². The highest BCUT2D eigenvalue weighted by Crippen LogP contribution is 2.41. The second-order valence-corrected chi connectivity index (χ2v) is 9.98. The van der Waals surface area contributed by atoms with Crippen LogP contribution in [0.5, 0.6) is 11.5 Å². The normalized spacial score (nSPS) is 20.6. The minimum Gasteiger partial charge on any atom is -0.486 e. The van der Waals surface area contributed by atoms with Crippen LogP contribution in [0.3, 0.4) is 0 Å². The van der Waals surface area contributed by atoms with Crippen LogP contribution in [0.2, 0.25) is 0 Å². The molecule has 1 fully saturated rings. The lowest BCUT2D eigenvalue weighted by atomic mass is 9.98. The number of carbonyl (C=O) groups excluding carboxylic acids is 1. The van der Waals surface area contributed by atoms with Gasteiger partial charge in [0.1, 0.15) is 18.4 Å². The number of hydrogen-bond donors (Lipinski definition) is 0. The monoisotopic (exact) mass is 463 g/mol. The maximum atomic E-state index is 13.8. The molecule has 1 aromatic carbocycles. The van der Waals surface area contributed by atoms with Crippen LogP contribution in [0.4, 0.5) is 0 Å². The lowest BCUT2D eigenvalue weighted by Crippen LogP contribution is -2.55. The van der Waals surface area contributed by atoms with E-state index >= 15 is 0 Å². The Balaban J connectivity index is 1.53. The molecule has 0 N–H and O–H groups in total. The number of benzene rings is 1. The zero-order valence-corrected chi connectivity index (χ0v) is 20.0. The summed E-state index contributed by atoms with van der Waals surface area (Å²) in [7, 11) is 1.93. The molecule has 3 aliphatic heterocycles. The third kappa shape index (κ3) is 3.29.